The van der Waals surface area contributed by atoms with Crippen molar-refractivity contribution < 1.29 is 12.8 Å². The molecule has 0 saturated carbocycles. The number of nitrogens with zero attached hydrogens (tertiary/aromatic N) is 1. The Hall–Kier alpha value is -0.660. The highest BCUT2D eigenvalue weighted by atomic mass is 79.9. The van der Waals surface area contributed by atoms with Crippen LogP contribution in [0.25, 0.3) is 0 Å². The maximum atomic E-state index is 12.9. The molecule has 118 valence electrons. The van der Waals surface area contributed by atoms with Crippen molar-refractivity contribution >= 4 is 49.2 Å². The van der Waals surface area contributed by atoms with Crippen molar-refractivity contribution in [2.24, 2.45) is 0 Å². The molecule has 8 heteroatoms. The van der Waals surface area contributed by atoms with E-state index in [-0.39, 0.29) is 27.3 Å². The first-order valence-corrected chi connectivity index (χ1v) is 9.06. The third-order valence-corrected chi connectivity index (χ3v) is 6.13. The zero-order valence-electron chi connectivity index (χ0n) is 11.4. The van der Waals surface area contributed by atoms with Gasteiger partial charge in [0.05, 0.1) is 10.0 Å². The Morgan fingerprint density at radius 3 is 2.14 bits per heavy atom. The van der Waals surface area contributed by atoms with Crippen molar-refractivity contribution in [3.8, 4) is 0 Å². The zero-order chi connectivity index (χ0) is 16.5. The van der Waals surface area contributed by atoms with E-state index < -0.39 is 10.0 Å². The molecule has 0 aromatic heterocycles. The molecule has 0 aliphatic heterocycles. The second-order valence-electron chi connectivity index (χ2n) is 4.59. The van der Waals surface area contributed by atoms with Crippen molar-refractivity contribution in [2.75, 3.05) is 7.05 Å². The van der Waals surface area contributed by atoms with E-state index in [1.54, 1.807) is 0 Å². The summed E-state index contributed by atoms with van der Waals surface area (Å²) in [4.78, 5) is -0.149. The third kappa shape index (κ3) is 3.81. The Labute approximate surface area is 146 Å². The molecule has 3 nitrogen and oxygen atoms in total. The molecular weight excluding hydrogens is 416 g/mol. The van der Waals surface area contributed by atoms with Gasteiger partial charge in [-0.15, -0.1) is 0 Å². The van der Waals surface area contributed by atoms with Gasteiger partial charge in [-0.1, -0.05) is 51.3 Å². The number of benzene rings is 2. The third-order valence-electron chi connectivity index (χ3n) is 2.95. The topological polar surface area (TPSA) is 37.4 Å². The quantitative estimate of drug-likeness (QED) is 0.709. The first-order valence-electron chi connectivity index (χ1n) is 6.07. The molecule has 2 rings (SSSR count). The normalized spacial score (nSPS) is 11.9. The van der Waals surface area contributed by atoms with Crippen molar-refractivity contribution in [1.29, 1.82) is 0 Å². The van der Waals surface area contributed by atoms with Crippen LogP contribution in [0.1, 0.15) is 5.56 Å². The summed E-state index contributed by atoms with van der Waals surface area (Å²) in [5, 5.41) is 0.0654. The summed E-state index contributed by atoms with van der Waals surface area (Å²) in [5.41, 5.74) is 0.650. The minimum absolute atomic E-state index is 0.0327. The van der Waals surface area contributed by atoms with E-state index in [4.69, 9.17) is 23.2 Å². The van der Waals surface area contributed by atoms with Crippen LogP contribution in [0.15, 0.2) is 45.8 Å². The van der Waals surface area contributed by atoms with Gasteiger partial charge in [0.1, 0.15) is 10.7 Å². The van der Waals surface area contributed by atoms with Crippen LogP contribution >= 0.6 is 39.1 Å². The molecule has 0 aliphatic rings. The summed E-state index contributed by atoms with van der Waals surface area (Å²) in [7, 11) is -2.46. The van der Waals surface area contributed by atoms with Crippen LogP contribution in [0.3, 0.4) is 0 Å². The maximum Gasteiger partial charge on any atom is 0.246 e. The van der Waals surface area contributed by atoms with Gasteiger partial charge in [-0.05, 0) is 29.8 Å². The number of halogens is 4. The Morgan fingerprint density at radius 2 is 1.64 bits per heavy atom. The van der Waals surface area contributed by atoms with E-state index in [2.05, 4.69) is 15.9 Å². The summed E-state index contributed by atoms with van der Waals surface area (Å²) in [6, 6.07) is 8.52. The molecular formula is C14H11BrCl2FNO2S. The maximum absolute atomic E-state index is 12.9. The van der Waals surface area contributed by atoms with E-state index >= 15 is 0 Å². The standard InChI is InChI=1S/C14H11BrCl2FNO2S/c1-19(8-9-2-4-11(18)5-3-9)22(20,21)14-12(16)6-10(15)7-13(14)17/h2-7H,8H2,1H3. The minimum atomic E-state index is -3.87. The first kappa shape index (κ1) is 17.7. The summed E-state index contributed by atoms with van der Waals surface area (Å²) in [6.45, 7) is 0.0747. The Balaban J connectivity index is 2.36. The van der Waals surface area contributed by atoms with Gasteiger partial charge >= 0.3 is 0 Å². The summed E-state index contributed by atoms with van der Waals surface area (Å²) >= 11 is 15.2. The fraction of sp³-hybridized carbons (Fsp3) is 0.143. The molecule has 0 unspecified atom stereocenters. The Morgan fingerprint density at radius 1 is 1.14 bits per heavy atom. The lowest BCUT2D eigenvalue weighted by Crippen LogP contribution is -2.27. The van der Waals surface area contributed by atoms with Crippen molar-refractivity contribution in [3.05, 3.63) is 62.3 Å². The number of hydrogen-bond donors (Lipinski definition) is 0. The molecule has 0 bridgehead atoms. The summed E-state index contributed by atoms with van der Waals surface area (Å²) in [5.74, 6) is -0.381. The van der Waals surface area contributed by atoms with Crippen LogP contribution in [0.5, 0.6) is 0 Å². The van der Waals surface area contributed by atoms with Crippen molar-refractivity contribution in [3.63, 3.8) is 0 Å². The van der Waals surface area contributed by atoms with E-state index in [1.165, 1.54) is 43.4 Å². The van der Waals surface area contributed by atoms with Crippen LogP contribution < -0.4 is 0 Å². The zero-order valence-corrected chi connectivity index (χ0v) is 15.3. The van der Waals surface area contributed by atoms with Gasteiger partial charge in [0, 0.05) is 18.1 Å². The lowest BCUT2D eigenvalue weighted by atomic mass is 10.2. The van der Waals surface area contributed by atoms with Crippen LogP contribution in [0, 0.1) is 5.82 Å². The average molecular weight is 427 g/mol. The molecule has 0 aliphatic carbocycles. The lowest BCUT2D eigenvalue weighted by Gasteiger charge is -2.19. The van der Waals surface area contributed by atoms with Crippen LogP contribution in [0.4, 0.5) is 4.39 Å². The average Bonchev–Trinajstić information content (AvgIpc) is 2.39. The van der Waals surface area contributed by atoms with Gasteiger partial charge in [0.25, 0.3) is 0 Å². The van der Waals surface area contributed by atoms with Gasteiger partial charge in [-0.25, -0.2) is 12.8 Å². The molecule has 2 aromatic carbocycles. The molecule has 0 atom stereocenters. The fourth-order valence-electron chi connectivity index (χ4n) is 1.86. The minimum Gasteiger partial charge on any atom is -0.207 e. The van der Waals surface area contributed by atoms with Gasteiger partial charge < -0.3 is 0 Å². The fourth-order valence-corrected chi connectivity index (χ4v) is 4.90. The first-order chi connectivity index (χ1) is 10.2. The second kappa shape index (κ2) is 6.84. The summed E-state index contributed by atoms with van der Waals surface area (Å²) in [6.07, 6.45) is 0. The molecule has 0 radical (unpaired) electrons. The van der Waals surface area contributed by atoms with Crippen LogP contribution in [0.2, 0.25) is 10.0 Å². The number of rotatable bonds is 4. The molecule has 22 heavy (non-hydrogen) atoms. The smallest absolute Gasteiger partial charge is 0.207 e. The molecule has 2 aromatic rings. The monoisotopic (exact) mass is 425 g/mol. The molecule has 0 spiro atoms. The van der Waals surface area contributed by atoms with Crippen LogP contribution in [-0.4, -0.2) is 19.8 Å². The number of sulfonamides is 1. The van der Waals surface area contributed by atoms with Gasteiger partial charge in [-0.3, -0.25) is 0 Å². The lowest BCUT2D eigenvalue weighted by molar-refractivity contribution is 0.466. The SMILES string of the molecule is CN(Cc1ccc(F)cc1)S(=O)(=O)c1c(Cl)cc(Br)cc1Cl. The molecule has 0 heterocycles. The highest BCUT2D eigenvalue weighted by Gasteiger charge is 2.27. The van der Waals surface area contributed by atoms with E-state index in [0.717, 1.165) is 4.31 Å². The highest BCUT2D eigenvalue weighted by molar-refractivity contribution is 9.10. The van der Waals surface area contributed by atoms with Gasteiger partial charge in [0.2, 0.25) is 10.0 Å². The van der Waals surface area contributed by atoms with Gasteiger partial charge in [-0.2, -0.15) is 4.31 Å². The van der Waals surface area contributed by atoms with Gasteiger partial charge in [0.15, 0.2) is 0 Å². The van der Waals surface area contributed by atoms with E-state index in [9.17, 15) is 12.8 Å². The Bertz CT molecular complexity index is 774. The molecule has 0 N–H and O–H groups in total. The Kier molecular flexibility index (Phi) is 5.50. The van der Waals surface area contributed by atoms with Crippen LogP contribution in [-0.2, 0) is 16.6 Å². The second-order valence-corrected chi connectivity index (χ2v) is 8.30. The highest BCUT2D eigenvalue weighted by Crippen LogP contribution is 2.34. The molecule has 0 fully saturated rings. The van der Waals surface area contributed by atoms with Crippen molar-refractivity contribution in [1.82, 2.24) is 4.31 Å². The molecule has 0 saturated heterocycles. The predicted octanol–water partition coefficient (Wildman–Crippen LogP) is 4.72. The van der Waals surface area contributed by atoms with Crippen molar-refractivity contribution in [2.45, 2.75) is 11.4 Å². The molecule has 0 amide bonds. The van der Waals surface area contributed by atoms with E-state index in [1.807, 2.05) is 0 Å². The largest absolute Gasteiger partial charge is 0.246 e. The summed E-state index contributed by atoms with van der Waals surface area (Å²) < 4.78 is 39.8. The predicted molar refractivity (Wildman–Crippen MR) is 89.2 cm³/mol. The van der Waals surface area contributed by atoms with E-state index in [0.29, 0.717) is 10.0 Å². The number of hydrogen-bond acceptors (Lipinski definition) is 2.